The molecule has 1 aliphatic rings. The number of aliphatic imine (C=N–C) groups is 1. The highest BCUT2D eigenvalue weighted by Gasteiger charge is 2.32. The lowest BCUT2D eigenvalue weighted by molar-refractivity contribution is -0.141. The second-order valence-corrected chi connectivity index (χ2v) is 16.8. The zero-order valence-electron chi connectivity index (χ0n) is 40.2. The molecule has 1 aliphatic heterocycles. The zero-order valence-corrected chi connectivity index (χ0v) is 40.2. The molecule has 0 saturated carbocycles. The van der Waals surface area contributed by atoms with Crippen LogP contribution in [0.3, 0.4) is 0 Å². The molecule has 0 radical (unpaired) electrons. The SMILES string of the molecule is CC(=O)N[C@@H](CCCN=C(N)N)C(=O)N[C@@H](CCC(=O)O)C(=O)N[C@H]1CCn2cc(nn2)CCCc2cn(nn2)CC[C@@H](C(=O)N[C@@H](CCC(=O)O)C(N)=O)NC(=O)CNC(=O)[C@H](CC(=O)O)NC(=O)CNC1=O. The van der Waals surface area contributed by atoms with Crippen LogP contribution in [0.2, 0.25) is 0 Å². The van der Waals surface area contributed by atoms with E-state index < -0.39 is 146 Å². The molecular formula is C41H62N18O15. The van der Waals surface area contributed by atoms with E-state index in [0.29, 0.717) is 30.7 Å². The number of carboxylic acid groups (broad SMARTS) is 3. The van der Waals surface area contributed by atoms with Crippen LogP contribution in [0.15, 0.2) is 17.4 Å². The first-order valence-corrected chi connectivity index (χ1v) is 23.1. The normalized spacial score (nSPS) is 18.5. The van der Waals surface area contributed by atoms with Gasteiger partial charge in [-0.25, -0.2) is 0 Å². The fourth-order valence-electron chi connectivity index (χ4n) is 7.02. The molecule has 2 aromatic rings. The van der Waals surface area contributed by atoms with Gasteiger partial charge < -0.3 is 75.1 Å². The number of carboxylic acids is 3. The third-order valence-electron chi connectivity index (χ3n) is 10.7. The van der Waals surface area contributed by atoms with Crippen LogP contribution in [0.5, 0.6) is 0 Å². The van der Waals surface area contributed by atoms with Crippen LogP contribution in [0.4, 0.5) is 0 Å². The summed E-state index contributed by atoms with van der Waals surface area (Å²) in [6, 6.07) is -9.09. The van der Waals surface area contributed by atoms with E-state index in [1.165, 1.54) is 9.36 Å². The number of nitrogens with zero attached hydrogens (tertiary/aromatic N) is 7. The molecular weight excluding hydrogens is 985 g/mol. The fraction of sp³-hybridized carbons (Fsp3) is 0.585. The highest BCUT2D eigenvalue weighted by molar-refractivity contribution is 5.97. The van der Waals surface area contributed by atoms with E-state index in [2.05, 4.69) is 68.2 Å². The molecule has 0 aliphatic carbocycles. The number of guanidine groups is 1. The molecule has 2 aromatic heterocycles. The molecule has 74 heavy (non-hydrogen) atoms. The van der Waals surface area contributed by atoms with Crippen molar-refractivity contribution in [3.8, 4) is 0 Å². The Morgan fingerprint density at radius 2 is 1.27 bits per heavy atom. The maximum atomic E-state index is 13.9. The minimum absolute atomic E-state index is 0.00404. The van der Waals surface area contributed by atoms with Crippen LogP contribution in [-0.2, 0) is 83.5 Å². The number of hydrogen-bond acceptors (Lipinski definition) is 17. The lowest BCUT2D eigenvalue weighted by Gasteiger charge is -2.25. The highest BCUT2D eigenvalue weighted by atomic mass is 16.4. The predicted octanol–water partition coefficient (Wildman–Crippen LogP) is -7.26. The third kappa shape index (κ3) is 22.5. The molecule has 0 aromatic carbocycles. The van der Waals surface area contributed by atoms with Crippen molar-refractivity contribution in [2.75, 3.05) is 19.6 Å². The third-order valence-corrected chi connectivity index (χ3v) is 10.7. The van der Waals surface area contributed by atoms with E-state index in [0.717, 1.165) is 6.92 Å². The van der Waals surface area contributed by atoms with Gasteiger partial charge in [-0.05, 0) is 57.8 Å². The lowest BCUT2D eigenvalue weighted by atomic mass is 10.1. The number of amides is 9. The van der Waals surface area contributed by atoms with Crippen LogP contribution in [0.25, 0.3) is 0 Å². The van der Waals surface area contributed by atoms with Crippen molar-refractivity contribution in [2.24, 2.45) is 22.2 Å². The van der Waals surface area contributed by atoms with Crippen LogP contribution < -0.4 is 59.7 Å². The van der Waals surface area contributed by atoms with Gasteiger partial charge in [0.1, 0.15) is 36.3 Å². The van der Waals surface area contributed by atoms with Crippen molar-refractivity contribution >= 4 is 77.0 Å². The Hall–Kier alpha value is -8.81. The molecule has 3 heterocycles. The summed E-state index contributed by atoms with van der Waals surface area (Å²) in [6.07, 6.45) is 1.10. The first kappa shape index (κ1) is 59.5. The van der Waals surface area contributed by atoms with E-state index in [-0.39, 0.29) is 57.7 Å². The molecule has 33 heteroatoms. The Labute approximate surface area is 420 Å². The molecule has 0 saturated heterocycles. The van der Waals surface area contributed by atoms with Gasteiger partial charge in [-0.3, -0.25) is 71.9 Å². The molecule has 0 spiro atoms. The topological polar surface area (TPSA) is 514 Å². The summed E-state index contributed by atoms with van der Waals surface area (Å²) >= 11 is 0. The summed E-state index contributed by atoms with van der Waals surface area (Å²) < 4.78 is 2.73. The number of aromatic nitrogens is 6. The van der Waals surface area contributed by atoms with Gasteiger partial charge in [0.2, 0.25) is 53.2 Å². The molecule has 0 fully saturated rings. The Morgan fingerprint density at radius 1 is 0.716 bits per heavy atom. The van der Waals surface area contributed by atoms with Gasteiger partial charge in [0.15, 0.2) is 5.96 Å². The monoisotopic (exact) mass is 1050 g/mol. The molecule has 9 amide bonds. The van der Waals surface area contributed by atoms with E-state index in [1.807, 2.05) is 0 Å². The largest absolute Gasteiger partial charge is 0.481 e. The summed E-state index contributed by atoms with van der Waals surface area (Å²) in [5, 5.41) is 63.1. The zero-order chi connectivity index (χ0) is 54.9. The number of hydrogen-bond donors (Lipinski definition) is 14. The number of aryl methyl sites for hydroxylation is 4. The van der Waals surface area contributed by atoms with Crippen LogP contribution in [0.1, 0.15) is 82.5 Å². The highest BCUT2D eigenvalue weighted by Crippen LogP contribution is 2.09. The van der Waals surface area contributed by atoms with Crippen molar-refractivity contribution in [3.63, 3.8) is 0 Å². The molecule has 406 valence electrons. The first-order valence-electron chi connectivity index (χ1n) is 23.1. The molecule has 6 atom stereocenters. The average molecular weight is 1050 g/mol. The standard InChI is InChI=1S/C41H62N18O15/c1-21(60)48-25(6-3-13-45-41(43)44)38(72)52-26(8-10-33(65)66)39(73)53-27-11-14-58-19-22(54-56-58)4-2-5-23-20-59(57-55-23)15-12-28(40(74)51-24(35(42)69)7-9-32(63)64)49-30(61)17-47-37(71)29(16-34(67)68)50-31(62)18-46-36(27)70/h19-20,24-29H,2-18H2,1H3,(H2,42,69)(H,46,70)(H,47,71)(H,48,60)(H,49,61)(H,50,62)(H,51,74)(H,52,72)(H,53,73)(H,63,64)(H,65,66)(H,67,68)(H4,43,44,45)/t24-,25-,26-,27-,28-,29-/m0/s1. The first-order chi connectivity index (χ1) is 35.0. The Morgan fingerprint density at radius 3 is 1.82 bits per heavy atom. The van der Waals surface area contributed by atoms with Crippen molar-refractivity contribution in [3.05, 3.63) is 23.8 Å². The van der Waals surface area contributed by atoms with Crippen LogP contribution >= 0.6 is 0 Å². The quantitative estimate of drug-likeness (QED) is 0.0333. The number of rotatable bonds is 20. The number of fused-ring (bicyclic) bond motifs is 4. The van der Waals surface area contributed by atoms with E-state index in [4.69, 9.17) is 22.3 Å². The summed E-state index contributed by atoms with van der Waals surface area (Å²) in [5.41, 5.74) is 17.1. The average Bonchev–Trinajstić information content (AvgIpc) is 3.99. The Balaban J connectivity index is 1.90. The van der Waals surface area contributed by atoms with Gasteiger partial charge >= 0.3 is 17.9 Å². The fourth-order valence-corrected chi connectivity index (χ4v) is 7.02. The number of carbonyl (C=O) groups excluding carboxylic acids is 9. The maximum absolute atomic E-state index is 13.9. The summed E-state index contributed by atoms with van der Waals surface area (Å²) in [6.45, 7) is -0.691. The number of primary amides is 1. The minimum atomic E-state index is -1.85. The second kappa shape index (κ2) is 30.2. The van der Waals surface area contributed by atoms with Gasteiger partial charge in [-0.15, -0.1) is 10.2 Å². The second-order valence-electron chi connectivity index (χ2n) is 16.8. The maximum Gasteiger partial charge on any atom is 0.305 e. The van der Waals surface area contributed by atoms with E-state index in [1.54, 1.807) is 12.4 Å². The van der Waals surface area contributed by atoms with Crippen molar-refractivity contribution in [1.82, 2.24) is 72.5 Å². The van der Waals surface area contributed by atoms with Crippen LogP contribution in [0, 0.1) is 0 Å². The van der Waals surface area contributed by atoms with Crippen molar-refractivity contribution in [1.29, 1.82) is 0 Å². The number of nitrogens with one attached hydrogen (secondary N) is 8. The minimum Gasteiger partial charge on any atom is -0.481 e. The van der Waals surface area contributed by atoms with Crippen LogP contribution in [-0.4, -0.2) is 178 Å². The molecule has 3 rings (SSSR count). The lowest BCUT2D eigenvalue weighted by Crippen LogP contribution is -2.57. The summed E-state index contributed by atoms with van der Waals surface area (Å²) in [7, 11) is 0. The smallest absolute Gasteiger partial charge is 0.305 e. The number of nitrogens with two attached hydrogens (primary N) is 3. The Bertz CT molecular complexity index is 2390. The van der Waals surface area contributed by atoms with E-state index in [9.17, 15) is 67.7 Å². The van der Waals surface area contributed by atoms with Crippen molar-refractivity contribution < 1.29 is 72.9 Å². The van der Waals surface area contributed by atoms with Gasteiger partial charge in [-0.1, -0.05) is 10.4 Å². The predicted molar refractivity (Wildman–Crippen MR) is 250 cm³/mol. The molecule has 17 N–H and O–H groups in total. The Kier molecular flexibility index (Phi) is 24.2. The number of carbonyl (C=O) groups is 12. The molecule has 0 unspecified atom stereocenters. The van der Waals surface area contributed by atoms with E-state index >= 15 is 0 Å². The van der Waals surface area contributed by atoms with Gasteiger partial charge in [0.25, 0.3) is 0 Å². The molecule has 33 nitrogen and oxygen atoms in total. The summed E-state index contributed by atoms with van der Waals surface area (Å²) in [5.74, 6) is -13.3. The van der Waals surface area contributed by atoms with Gasteiger partial charge in [-0.2, -0.15) is 0 Å². The number of aliphatic carboxylic acids is 3. The molecule has 4 bridgehead atoms. The summed E-state index contributed by atoms with van der Waals surface area (Å²) in [4.78, 5) is 156. The van der Waals surface area contributed by atoms with Crippen molar-refractivity contribution in [2.45, 2.75) is 133 Å². The van der Waals surface area contributed by atoms with Gasteiger partial charge in [0, 0.05) is 51.8 Å². The van der Waals surface area contributed by atoms with Gasteiger partial charge in [0.05, 0.1) is 30.9 Å².